The Labute approximate surface area is 113 Å². The van der Waals surface area contributed by atoms with Crippen LogP contribution in [-0.2, 0) is 13.3 Å². The Kier molecular flexibility index (Phi) is 7.82. The topological polar surface area (TPSA) is 27.7 Å². The standard InChI is InChI=1S/C14H28O3Si/c1-4-11-15-18(16-12-5-2,17-13-6-3)14-9-7-8-10-14/h9H,4-8,10-13H2,1-3H3. The molecule has 1 rings (SSSR count). The van der Waals surface area contributed by atoms with Gasteiger partial charge in [0.25, 0.3) is 0 Å². The van der Waals surface area contributed by atoms with Crippen molar-refractivity contribution in [2.24, 2.45) is 0 Å². The summed E-state index contributed by atoms with van der Waals surface area (Å²) in [7, 11) is -2.56. The second-order valence-electron chi connectivity index (χ2n) is 4.72. The molecule has 0 heterocycles. The lowest BCUT2D eigenvalue weighted by molar-refractivity contribution is 0.0676. The van der Waals surface area contributed by atoms with E-state index in [4.69, 9.17) is 13.3 Å². The summed E-state index contributed by atoms with van der Waals surface area (Å²) < 4.78 is 18.3. The van der Waals surface area contributed by atoms with Crippen LogP contribution in [0.5, 0.6) is 0 Å². The molecule has 0 N–H and O–H groups in total. The van der Waals surface area contributed by atoms with Crippen molar-refractivity contribution >= 4 is 8.80 Å². The Balaban J connectivity index is 2.76. The van der Waals surface area contributed by atoms with Gasteiger partial charge in [-0.3, -0.25) is 0 Å². The molecule has 0 atom stereocenters. The van der Waals surface area contributed by atoms with Crippen molar-refractivity contribution in [3.05, 3.63) is 11.3 Å². The van der Waals surface area contributed by atoms with Crippen LogP contribution in [0.3, 0.4) is 0 Å². The molecular formula is C14H28O3Si. The van der Waals surface area contributed by atoms with Crippen LogP contribution < -0.4 is 0 Å². The molecule has 18 heavy (non-hydrogen) atoms. The van der Waals surface area contributed by atoms with Crippen LogP contribution in [-0.4, -0.2) is 28.6 Å². The monoisotopic (exact) mass is 272 g/mol. The molecule has 0 aliphatic heterocycles. The van der Waals surface area contributed by atoms with Gasteiger partial charge in [-0.25, -0.2) is 0 Å². The summed E-state index contributed by atoms with van der Waals surface area (Å²) in [6.07, 6.45) is 8.75. The largest absolute Gasteiger partial charge is 0.532 e. The van der Waals surface area contributed by atoms with E-state index in [2.05, 4.69) is 26.8 Å². The van der Waals surface area contributed by atoms with Gasteiger partial charge in [0.1, 0.15) is 0 Å². The molecule has 0 bridgehead atoms. The molecule has 0 saturated carbocycles. The summed E-state index contributed by atoms with van der Waals surface area (Å²) in [5.41, 5.74) is 0. The van der Waals surface area contributed by atoms with Gasteiger partial charge in [0.15, 0.2) is 0 Å². The summed E-state index contributed by atoms with van der Waals surface area (Å²) >= 11 is 0. The Bertz CT molecular complexity index is 232. The van der Waals surface area contributed by atoms with Crippen LogP contribution in [0.25, 0.3) is 0 Å². The predicted molar refractivity (Wildman–Crippen MR) is 76.4 cm³/mol. The maximum Gasteiger partial charge on any atom is 0.532 e. The highest BCUT2D eigenvalue weighted by Gasteiger charge is 2.46. The van der Waals surface area contributed by atoms with Crippen molar-refractivity contribution in [2.45, 2.75) is 59.3 Å². The van der Waals surface area contributed by atoms with Crippen LogP contribution in [0.15, 0.2) is 11.3 Å². The SMILES string of the molecule is CCCO[Si](OCCC)(OCCC)C1=CCCC1. The fourth-order valence-electron chi connectivity index (χ4n) is 2.06. The first-order valence-electron chi connectivity index (χ1n) is 7.40. The van der Waals surface area contributed by atoms with Crippen molar-refractivity contribution in [1.82, 2.24) is 0 Å². The third kappa shape index (κ3) is 4.50. The minimum Gasteiger partial charge on any atom is -0.370 e. The lowest BCUT2D eigenvalue weighted by Crippen LogP contribution is -2.48. The summed E-state index contributed by atoms with van der Waals surface area (Å²) in [6.45, 7) is 8.58. The summed E-state index contributed by atoms with van der Waals surface area (Å²) in [6, 6.07) is 0. The highest BCUT2D eigenvalue weighted by molar-refractivity contribution is 6.68. The first-order chi connectivity index (χ1) is 8.79. The summed E-state index contributed by atoms with van der Waals surface area (Å²) in [4.78, 5) is 0. The minimum absolute atomic E-state index is 0.733. The van der Waals surface area contributed by atoms with Gasteiger partial charge in [-0.15, -0.1) is 0 Å². The van der Waals surface area contributed by atoms with E-state index in [1.165, 1.54) is 11.6 Å². The summed E-state index contributed by atoms with van der Waals surface area (Å²) in [5, 5.41) is 1.32. The third-order valence-electron chi connectivity index (χ3n) is 2.92. The number of hydrogen-bond donors (Lipinski definition) is 0. The maximum absolute atomic E-state index is 6.09. The van der Waals surface area contributed by atoms with E-state index in [0.717, 1.165) is 51.9 Å². The number of rotatable bonds is 10. The second-order valence-corrected chi connectivity index (χ2v) is 7.34. The van der Waals surface area contributed by atoms with Crippen LogP contribution in [0.4, 0.5) is 0 Å². The van der Waals surface area contributed by atoms with Crippen molar-refractivity contribution in [3.8, 4) is 0 Å². The lowest BCUT2D eigenvalue weighted by Gasteiger charge is -2.30. The smallest absolute Gasteiger partial charge is 0.370 e. The number of allylic oxidation sites excluding steroid dienone is 2. The first kappa shape index (κ1) is 15.9. The third-order valence-corrected chi connectivity index (χ3v) is 5.92. The first-order valence-corrected chi connectivity index (χ1v) is 9.12. The van der Waals surface area contributed by atoms with Crippen molar-refractivity contribution in [2.75, 3.05) is 19.8 Å². The molecule has 106 valence electrons. The van der Waals surface area contributed by atoms with Gasteiger partial charge < -0.3 is 13.3 Å². The second kappa shape index (κ2) is 8.86. The van der Waals surface area contributed by atoms with Crippen molar-refractivity contribution in [3.63, 3.8) is 0 Å². The quantitative estimate of drug-likeness (QED) is 0.565. The minimum atomic E-state index is -2.56. The van der Waals surface area contributed by atoms with Crippen molar-refractivity contribution in [1.29, 1.82) is 0 Å². The average Bonchev–Trinajstić information content (AvgIpc) is 2.93. The lowest BCUT2D eigenvalue weighted by atomic mass is 10.4. The van der Waals surface area contributed by atoms with E-state index < -0.39 is 8.80 Å². The Morgan fingerprint density at radius 2 is 1.44 bits per heavy atom. The molecule has 0 unspecified atom stereocenters. The Morgan fingerprint density at radius 1 is 0.944 bits per heavy atom. The molecule has 4 heteroatoms. The van der Waals surface area contributed by atoms with Crippen LogP contribution >= 0.6 is 0 Å². The van der Waals surface area contributed by atoms with Gasteiger partial charge in [-0.2, -0.15) is 0 Å². The Hall–Kier alpha value is -0.163. The summed E-state index contributed by atoms with van der Waals surface area (Å²) in [5.74, 6) is 0. The highest BCUT2D eigenvalue weighted by Crippen LogP contribution is 2.30. The molecule has 0 radical (unpaired) electrons. The van der Waals surface area contributed by atoms with Crippen molar-refractivity contribution < 1.29 is 13.3 Å². The van der Waals surface area contributed by atoms with E-state index in [1.807, 2.05) is 0 Å². The molecule has 1 aliphatic rings. The van der Waals surface area contributed by atoms with E-state index in [9.17, 15) is 0 Å². The van der Waals surface area contributed by atoms with Crippen LogP contribution in [0, 0.1) is 0 Å². The van der Waals surface area contributed by atoms with Gasteiger partial charge in [0, 0.05) is 19.8 Å². The normalized spacial score (nSPS) is 16.1. The molecule has 0 fully saturated rings. The van der Waals surface area contributed by atoms with Crippen LogP contribution in [0.1, 0.15) is 59.3 Å². The van der Waals surface area contributed by atoms with Gasteiger partial charge in [-0.1, -0.05) is 26.8 Å². The highest BCUT2D eigenvalue weighted by atomic mass is 28.4. The molecule has 3 nitrogen and oxygen atoms in total. The molecule has 0 aromatic rings. The molecule has 0 spiro atoms. The van der Waals surface area contributed by atoms with E-state index in [0.29, 0.717) is 0 Å². The van der Waals surface area contributed by atoms with Gasteiger partial charge >= 0.3 is 8.80 Å². The molecule has 0 aromatic carbocycles. The zero-order valence-electron chi connectivity index (χ0n) is 12.2. The van der Waals surface area contributed by atoms with Gasteiger partial charge in [-0.05, 0) is 43.7 Å². The molecular weight excluding hydrogens is 244 g/mol. The molecule has 0 aromatic heterocycles. The zero-order valence-corrected chi connectivity index (χ0v) is 13.2. The molecule has 1 aliphatic carbocycles. The van der Waals surface area contributed by atoms with E-state index in [-0.39, 0.29) is 0 Å². The van der Waals surface area contributed by atoms with E-state index in [1.54, 1.807) is 0 Å². The van der Waals surface area contributed by atoms with E-state index >= 15 is 0 Å². The molecule has 0 saturated heterocycles. The average molecular weight is 272 g/mol. The Morgan fingerprint density at radius 3 is 1.78 bits per heavy atom. The van der Waals surface area contributed by atoms with Gasteiger partial charge in [0.05, 0.1) is 0 Å². The van der Waals surface area contributed by atoms with Gasteiger partial charge in [0.2, 0.25) is 0 Å². The maximum atomic E-state index is 6.09. The molecule has 0 amide bonds. The predicted octanol–water partition coefficient (Wildman–Crippen LogP) is 3.85. The fraction of sp³-hybridized carbons (Fsp3) is 0.857. The fourth-order valence-corrected chi connectivity index (χ4v) is 5.16. The zero-order chi connectivity index (χ0) is 13.3. The number of hydrogen-bond acceptors (Lipinski definition) is 3. The van der Waals surface area contributed by atoms with Crippen LogP contribution in [0.2, 0.25) is 0 Å².